The standard InChI is InChI=1S/C15H25N3O2/c1-4-12-5-7-15(20,8-6-12)10-16-14(19)13-9-18(3)17-11(13)2/h9,12,20H,4-8,10H2,1-3H3,(H,16,19). The van der Waals surface area contributed by atoms with E-state index in [1.807, 2.05) is 6.92 Å². The number of aromatic nitrogens is 2. The first-order valence-corrected chi connectivity index (χ1v) is 7.44. The Hall–Kier alpha value is -1.36. The molecule has 1 aliphatic carbocycles. The maximum atomic E-state index is 12.1. The molecule has 2 N–H and O–H groups in total. The molecule has 0 saturated heterocycles. The van der Waals surface area contributed by atoms with Gasteiger partial charge in [-0.15, -0.1) is 0 Å². The van der Waals surface area contributed by atoms with Gasteiger partial charge in [-0.1, -0.05) is 13.3 Å². The molecule has 0 spiro atoms. The van der Waals surface area contributed by atoms with Gasteiger partial charge in [0.25, 0.3) is 5.91 Å². The van der Waals surface area contributed by atoms with Crippen LogP contribution in [0, 0.1) is 12.8 Å². The normalized spacial score (nSPS) is 26.5. The largest absolute Gasteiger partial charge is 0.388 e. The SMILES string of the molecule is CCC1CCC(O)(CNC(=O)c2cn(C)nc2C)CC1. The van der Waals surface area contributed by atoms with E-state index >= 15 is 0 Å². The van der Waals surface area contributed by atoms with E-state index in [4.69, 9.17) is 0 Å². The molecule has 1 heterocycles. The molecule has 1 saturated carbocycles. The van der Waals surface area contributed by atoms with Gasteiger partial charge in [0, 0.05) is 19.8 Å². The molecular formula is C15H25N3O2. The van der Waals surface area contributed by atoms with Crippen LogP contribution in [0.4, 0.5) is 0 Å². The van der Waals surface area contributed by atoms with Gasteiger partial charge in [-0.05, 0) is 38.5 Å². The number of nitrogens with zero attached hydrogens (tertiary/aromatic N) is 2. The van der Waals surface area contributed by atoms with Gasteiger partial charge in [0.2, 0.25) is 0 Å². The first-order valence-electron chi connectivity index (χ1n) is 7.44. The Morgan fingerprint density at radius 3 is 2.70 bits per heavy atom. The number of carbonyl (C=O) groups excluding carboxylic acids is 1. The lowest BCUT2D eigenvalue weighted by Crippen LogP contribution is -2.45. The summed E-state index contributed by atoms with van der Waals surface area (Å²) in [7, 11) is 1.79. The molecule has 0 aromatic carbocycles. The molecule has 0 atom stereocenters. The van der Waals surface area contributed by atoms with Gasteiger partial charge in [-0.2, -0.15) is 5.10 Å². The zero-order valence-corrected chi connectivity index (χ0v) is 12.6. The van der Waals surface area contributed by atoms with Crippen molar-refractivity contribution >= 4 is 5.91 Å². The monoisotopic (exact) mass is 279 g/mol. The topological polar surface area (TPSA) is 67.2 Å². The van der Waals surface area contributed by atoms with Crippen LogP contribution in [0.3, 0.4) is 0 Å². The summed E-state index contributed by atoms with van der Waals surface area (Å²) in [5, 5.41) is 17.5. The summed E-state index contributed by atoms with van der Waals surface area (Å²) in [5.74, 6) is 0.577. The highest BCUT2D eigenvalue weighted by Gasteiger charge is 2.33. The lowest BCUT2D eigenvalue weighted by Gasteiger charge is -2.35. The van der Waals surface area contributed by atoms with E-state index in [1.165, 1.54) is 6.42 Å². The summed E-state index contributed by atoms with van der Waals surface area (Å²) in [6.07, 6.45) is 6.54. The minimum absolute atomic E-state index is 0.151. The van der Waals surface area contributed by atoms with Crippen molar-refractivity contribution in [2.24, 2.45) is 13.0 Å². The smallest absolute Gasteiger partial charge is 0.254 e. The fourth-order valence-electron chi connectivity index (χ4n) is 2.96. The van der Waals surface area contributed by atoms with E-state index in [2.05, 4.69) is 17.3 Å². The lowest BCUT2D eigenvalue weighted by molar-refractivity contribution is -0.00787. The van der Waals surface area contributed by atoms with Crippen LogP contribution in [0.1, 0.15) is 55.1 Å². The third kappa shape index (κ3) is 3.39. The van der Waals surface area contributed by atoms with Crippen LogP contribution in [0.25, 0.3) is 0 Å². The van der Waals surface area contributed by atoms with Gasteiger partial charge in [0.1, 0.15) is 0 Å². The third-order valence-corrected chi connectivity index (χ3v) is 4.45. The average Bonchev–Trinajstić information content (AvgIpc) is 2.76. The Morgan fingerprint density at radius 1 is 1.55 bits per heavy atom. The molecule has 1 fully saturated rings. The molecule has 1 aliphatic rings. The first kappa shape index (κ1) is 15.0. The fourth-order valence-corrected chi connectivity index (χ4v) is 2.96. The minimum Gasteiger partial charge on any atom is -0.388 e. The highest BCUT2D eigenvalue weighted by atomic mass is 16.3. The van der Waals surface area contributed by atoms with Crippen LogP contribution in [0.2, 0.25) is 0 Å². The molecule has 1 aromatic rings. The molecule has 5 nitrogen and oxygen atoms in total. The van der Waals surface area contributed by atoms with Crippen molar-refractivity contribution < 1.29 is 9.90 Å². The van der Waals surface area contributed by atoms with Crippen molar-refractivity contribution in [3.05, 3.63) is 17.5 Å². The van der Waals surface area contributed by atoms with E-state index < -0.39 is 5.60 Å². The summed E-state index contributed by atoms with van der Waals surface area (Å²) in [5.41, 5.74) is 0.558. The van der Waals surface area contributed by atoms with Crippen molar-refractivity contribution in [2.75, 3.05) is 6.54 Å². The summed E-state index contributed by atoms with van der Waals surface area (Å²) >= 11 is 0. The summed E-state index contributed by atoms with van der Waals surface area (Å²) in [6.45, 7) is 4.34. The molecule has 5 heteroatoms. The van der Waals surface area contributed by atoms with Gasteiger partial charge in [-0.25, -0.2) is 0 Å². The van der Waals surface area contributed by atoms with Crippen molar-refractivity contribution in [3.8, 4) is 0 Å². The Morgan fingerprint density at radius 2 is 2.20 bits per heavy atom. The first-order chi connectivity index (χ1) is 9.43. The Kier molecular flexibility index (Phi) is 4.48. The van der Waals surface area contributed by atoms with Gasteiger partial charge in [0.05, 0.1) is 16.9 Å². The van der Waals surface area contributed by atoms with Crippen LogP contribution in [-0.4, -0.2) is 32.9 Å². The van der Waals surface area contributed by atoms with Crippen LogP contribution in [-0.2, 0) is 7.05 Å². The summed E-state index contributed by atoms with van der Waals surface area (Å²) in [6, 6.07) is 0. The van der Waals surface area contributed by atoms with E-state index in [0.29, 0.717) is 17.8 Å². The zero-order chi connectivity index (χ0) is 14.8. The Balaban J connectivity index is 1.89. The van der Waals surface area contributed by atoms with Crippen molar-refractivity contribution in [3.63, 3.8) is 0 Å². The molecule has 1 aromatic heterocycles. The second-order valence-electron chi connectivity index (χ2n) is 6.06. The van der Waals surface area contributed by atoms with Crippen molar-refractivity contribution in [1.82, 2.24) is 15.1 Å². The van der Waals surface area contributed by atoms with Crippen molar-refractivity contribution in [2.45, 2.75) is 51.6 Å². The van der Waals surface area contributed by atoms with Crippen LogP contribution in [0.5, 0.6) is 0 Å². The number of aryl methyl sites for hydroxylation is 2. The molecule has 1 amide bonds. The quantitative estimate of drug-likeness (QED) is 0.883. The molecule has 0 aliphatic heterocycles. The predicted molar refractivity (Wildman–Crippen MR) is 77.5 cm³/mol. The van der Waals surface area contributed by atoms with E-state index in [-0.39, 0.29) is 5.91 Å². The molecule has 112 valence electrons. The highest BCUT2D eigenvalue weighted by molar-refractivity contribution is 5.95. The number of carbonyl (C=O) groups is 1. The second-order valence-corrected chi connectivity index (χ2v) is 6.06. The third-order valence-electron chi connectivity index (χ3n) is 4.45. The van der Waals surface area contributed by atoms with E-state index in [0.717, 1.165) is 31.6 Å². The van der Waals surface area contributed by atoms with Crippen LogP contribution in [0.15, 0.2) is 6.20 Å². The van der Waals surface area contributed by atoms with E-state index in [1.54, 1.807) is 17.9 Å². The number of aliphatic hydroxyl groups is 1. The maximum Gasteiger partial charge on any atom is 0.254 e. The van der Waals surface area contributed by atoms with Gasteiger partial charge in [-0.3, -0.25) is 9.48 Å². The maximum absolute atomic E-state index is 12.1. The van der Waals surface area contributed by atoms with Crippen molar-refractivity contribution in [1.29, 1.82) is 0 Å². The number of hydrogen-bond donors (Lipinski definition) is 2. The number of rotatable bonds is 4. The predicted octanol–water partition coefficient (Wildman–Crippen LogP) is 1.79. The molecule has 0 bridgehead atoms. The molecule has 0 radical (unpaired) electrons. The molecule has 0 unspecified atom stereocenters. The molecular weight excluding hydrogens is 254 g/mol. The Labute approximate surface area is 120 Å². The number of amides is 1. The Bertz CT molecular complexity index is 473. The second kappa shape index (κ2) is 5.95. The summed E-state index contributed by atoms with van der Waals surface area (Å²) < 4.78 is 1.63. The zero-order valence-electron chi connectivity index (χ0n) is 12.6. The molecule has 20 heavy (non-hydrogen) atoms. The van der Waals surface area contributed by atoms with E-state index in [9.17, 15) is 9.90 Å². The van der Waals surface area contributed by atoms with Crippen LogP contribution < -0.4 is 5.32 Å². The fraction of sp³-hybridized carbons (Fsp3) is 0.733. The minimum atomic E-state index is -0.739. The van der Waals surface area contributed by atoms with Gasteiger partial charge < -0.3 is 10.4 Å². The number of nitrogens with one attached hydrogen (secondary N) is 1. The summed E-state index contributed by atoms with van der Waals surface area (Å²) in [4.78, 5) is 12.1. The van der Waals surface area contributed by atoms with Gasteiger partial charge in [0.15, 0.2) is 0 Å². The lowest BCUT2D eigenvalue weighted by atomic mass is 9.78. The number of hydrogen-bond acceptors (Lipinski definition) is 3. The molecule has 2 rings (SSSR count). The van der Waals surface area contributed by atoms with Gasteiger partial charge >= 0.3 is 0 Å². The highest BCUT2D eigenvalue weighted by Crippen LogP contribution is 2.33. The average molecular weight is 279 g/mol. The van der Waals surface area contributed by atoms with Crippen LogP contribution >= 0.6 is 0 Å².